The first-order valence-electron chi connectivity index (χ1n) is 9.25. The Morgan fingerprint density at radius 3 is 2.48 bits per heavy atom. The molecule has 1 aliphatic heterocycles. The van der Waals surface area contributed by atoms with Crippen molar-refractivity contribution in [2.24, 2.45) is 0 Å². The molecular weight excluding hydrogens is 413 g/mol. The lowest BCUT2D eigenvalue weighted by Crippen LogP contribution is -2.23. The highest BCUT2D eigenvalue weighted by Crippen LogP contribution is 2.20. The standard InChI is InChI=1S/C19H18N4O.C2HF3O2/c24-19(21-10-14-5-2-1-3-6-14)15-7-4-8-17(9-15)23-18-13-20-11-16(18)12-22-23;3-2(4,5)1(6)7/h1-9,12,20H,10-11,13H2,(H,21,24);(H,6,7). The minimum atomic E-state index is -5.08. The molecular formula is C21H19F3N4O3. The van der Waals surface area contributed by atoms with Crippen LogP contribution in [0, 0.1) is 0 Å². The van der Waals surface area contributed by atoms with Crippen molar-refractivity contribution in [1.82, 2.24) is 20.4 Å². The molecule has 0 saturated heterocycles. The highest BCUT2D eigenvalue weighted by molar-refractivity contribution is 5.94. The Morgan fingerprint density at radius 1 is 1.10 bits per heavy atom. The summed E-state index contributed by atoms with van der Waals surface area (Å²) in [7, 11) is 0. The van der Waals surface area contributed by atoms with Crippen LogP contribution >= 0.6 is 0 Å². The summed E-state index contributed by atoms with van der Waals surface area (Å²) in [6.45, 7) is 2.18. The maximum Gasteiger partial charge on any atom is 0.490 e. The molecule has 31 heavy (non-hydrogen) atoms. The van der Waals surface area contributed by atoms with Crippen LogP contribution in [0.5, 0.6) is 0 Å². The van der Waals surface area contributed by atoms with Crippen molar-refractivity contribution < 1.29 is 27.9 Å². The minimum Gasteiger partial charge on any atom is -0.475 e. The Labute approximate surface area is 175 Å². The summed E-state index contributed by atoms with van der Waals surface area (Å²) in [5.41, 5.74) is 5.01. The number of carbonyl (C=O) groups excluding carboxylic acids is 1. The number of carboxylic acids is 1. The van der Waals surface area contributed by atoms with Gasteiger partial charge in [0.25, 0.3) is 5.91 Å². The van der Waals surface area contributed by atoms with Gasteiger partial charge in [0.15, 0.2) is 0 Å². The van der Waals surface area contributed by atoms with Crippen LogP contribution in [0.1, 0.15) is 27.2 Å². The van der Waals surface area contributed by atoms with Gasteiger partial charge in [-0.25, -0.2) is 9.48 Å². The van der Waals surface area contributed by atoms with E-state index in [2.05, 4.69) is 15.7 Å². The van der Waals surface area contributed by atoms with E-state index >= 15 is 0 Å². The largest absolute Gasteiger partial charge is 0.490 e. The number of nitrogens with one attached hydrogen (secondary N) is 2. The Morgan fingerprint density at radius 2 is 1.81 bits per heavy atom. The lowest BCUT2D eigenvalue weighted by atomic mass is 10.1. The number of aromatic nitrogens is 2. The number of alkyl halides is 3. The molecule has 0 radical (unpaired) electrons. The third-order valence-corrected chi connectivity index (χ3v) is 4.45. The summed E-state index contributed by atoms with van der Waals surface area (Å²) in [6, 6.07) is 17.5. The van der Waals surface area contributed by atoms with Crippen LogP contribution in [-0.2, 0) is 24.4 Å². The lowest BCUT2D eigenvalue weighted by Gasteiger charge is -2.09. The third kappa shape index (κ3) is 5.70. The number of halogens is 3. The van der Waals surface area contributed by atoms with E-state index in [-0.39, 0.29) is 5.91 Å². The molecule has 0 unspecified atom stereocenters. The van der Waals surface area contributed by atoms with Gasteiger partial charge in [-0.3, -0.25) is 4.79 Å². The summed E-state index contributed by atoms with van der Waals surface area (Å²) in [6.07, 6.45) is -3.20. The molecule has 1 amide bonds. The van der Waals surface area contributed by atoms with E-state index in [1.165, 1.54) is 5.56 Å². The van der Waals surface area contributed by atoms with Gasteiger partial charge in [0.1, 0.15) is 0 Å². The van der Waals surface area contributed by atoms with Gasteiger partial charge < -0.3 is 15.7 Å². The number of rotatable bonds is 4. The number of fused-ring (bicyclic) bond motifs is 1. The zero-order valence-corrected chi connectivity index (χ0v) is 16.2. The molecule has 2 aromatic carbocycles. The second-order valence-corrected chi connectivity index (χ2v) is 6.65. The van der Waals surface area contributed by atoms with Gasteiger partial charge in [-0.2, -0.15) is 18.3 Å². The summed E-state index contributed by atoms with van der Waals surface area (Å²) in [5.74, 6) is -2.84. The first-order valence-corrected chi connectivity index (χ1v) is 9.25. The maximum atomic E-state index is 12.4. The fourth-order valence-electron chi connectivity index (χ4n) is 2.94. The van der Waals surface area contributed by atoms with Crippen molar-refractivity contribution in [3.05, 3.63) is 83.2 Å². The van der Waals surface area contributed by atoms with Crippen LogP contribution < -0.4 is 10.6 Å². The third-order valence-electron chi connectivity index (χ3n) is 4.45. The lowest BCUT2D eigenvalue weighted by molar-refractivity contribution is -0.192. The number of aliphatic carboxylic acids is 1. The van der Waals surface area contributed by atoms with Crippen molar-refractivity contribution in [1.29, 1.82) is 0 Å². The topological polar surface area (TPSA) is 96.3 Å². The van der Waals surface area contributed by atoms with Crippen molar-refractivity contribution in [3.63, 3.8) is 0 Å². The van der Waals surface area contributed by atoms with E-state index in [1.807, 2.05) is 65.5 Å². The number of carbonyl (C=O) groups is 2. The Bertz CT molecular complexity index is 1070. The van der Waals surface area contributed by atoms with E-state index in [4.69, 9.17) is 9.90 Å². The van der Waals surface area contributed by atoms with Gasteiger partial charge in [-0.15, -0.1) is 0 Å². The number of amides is 1. The molecule has 0 aliphatic carbocycles. The molecule has 0 saturated carbocycles. The molecule has 162 valence electrons. The molecule has 4 rings (SSSR count). The van der Waals surface area contributed by atoms with Crippen molar-refractivity contribution in [2.45, 2.75) is 25.8 Å². The molecule has 1 aliphatic rings. The Hall–Kier alpha value is -3.66. The molecule has 1 aromatic heterocycles. The molecule has 2 heterocycles. The fraction of sp³-hybridized carbons (Fsp3) is 0.190. The van der Waals surface area contributed by atoms with E-state index in [0.717, 1.165) is 30.0 Å². The number of nitrogens with zero attached hydrogens (tertiary/aromatic N) is 2. The van der Waals surface area contributed by atoms with Crippen LogP contribution in [0.3, 0.4) is 0 Å². The zero-order chi connectivity index (χ0) is 22.4. The minimum absolute atomic E-state index is 0.0809. The zero-order valence-electron chi connectivity index (χ0n) is 16.2. The second-order valence-electron chi connectivity index (χ2n) is 6.65. The number of hydrogen-bond acceptors (Lipinski definition) is 4. The van der Waals surface area contributed by atoms with Gasteiger partial charge in [0.2, 0.25) is 0 Å². The van der Waals surface area contributed by atoms with Crippen LogP contribution in [0.4, 0.5) is 13.2 Å². The van der Waals surface area contributed by atoms with Gasteiger partial charge in [0.05, 0.1) is 17.6 Å². The predicted octanol–water partition coefficient (Wildman–Crippen LogP) is 3.04. The van der Waals surface area contributed by atoms with Gasteiger partial charge in [-0.05, 0) is 23.8 Å². The van der Waals surface area contributed by atoms with Crippen molar-refractivity contribution in [2.75, 3.05) is 0 Å². The molecule has 0 atom stereocenters. The average Bonchev–Trinajstić information content (AvgIpc) is 3.36. The molecule has 10 heteroatoms. The first-order chi connectivity index (χ1) is 14.8. The molecule has 7 nitrogen and oxygen atoms in total. The van der Waals surface area contributed by atoms with Crippen LogP contribution in [0.25, 0.3) is 5.69 Å². The summed E-state index contributed by atoms with van der Waals surface area (Å²) >= 11 is 0. The Kier molecular flexibility index (Phi) is 6.71. The molecule has 3 aromatic rings. The number of benzene rings is 2. The highest BCUT2D eigenvalue weighted by Gasteiger charge is 2.38. The normalized spacial score (nSPS) is 12.5. The van der Waals surface area contributed by atoms with Gasteiger partial charge in [-0.1, -0.05) is 36.4 Å². The second kappa shape index (κ2) is 9.43. The van der Waals surface area contributed by atoms with Crippen LogP contribution in [0.15, 0.2) is 60.8 Å². The van der Waals surface area contributed by atoms with Crippen LogP contribution in [0.2, 0.25) is 0 Å². The van der Waals surface area contributed by atoms with Gasteiger partial charge in [0, 0.05) is 30.8 Å². The Balaban J connectivity index is 0.000000339. The molecule has 3 N–H and O–H groups in total. The maximum absolute atomic E-state index is 12.4. The van der Waals surface area contributed by atoms with Crippen LogP contribution in [-0.4, -0.2) is 32.9 Å². The molecule has 0 fully saturated rings. The summed E-state index contributed by atoms with van der Waals surface area (Å²) in [4.78, 5) is 21.3. The highest BCUT2D eigenvalue weighted by atomic mass is 19.4. The SMILES string of the molecule is O=C(NCc1ccccc1)c1cccc(-n2ncc3c2CNC3)c1.O=C(O)C(F)(F)F. The predicted molar refractivity (Wildman–Crippen MR) is 105 cm³/mol. The molecule has 0 bridgehead atoms. The first kappa shape index (κ1) is 22.0. The average molecular weight is 432 g/mol. The fourth-order valence-corrected chi connectivity index (χ4v) is 2.94. The summed E-state index contributed by atoms with van der Waals surface area (Å²) in [5, 5.41) is 17.8. The van der Waals surface area contributed by atoms with Gasteiger partial charge >= 0.3 is 12.1 Å². The molecule has 0 spiro atoms. The van der Waals surface area contributed by atoms with E-state index in [0.29, 0.717) is 12.1 Å². The number of carboxylic acid groups (broad SMARTS) is 1. The van der Waals surface area contributed by atoms with Crippen molar-refractivity contribution in [3.8, 4) is 5.69 Å². The summed E-state index contributed by atoms with van der Waals surface area (Å²) < 4.78 is 33.6. The van der Waals surface area contributed by atoms with E-state index in [9.17, 15) is 18.0 Å². The monoisotopic (exact) mass is 432 g/mol. The van der Waals surface area contributed by atoms with E-state index < -0.39 is 12.1 Å². The number of hydrogen-bond donors (Lipinski definition) is 3. The smallest absolute Gasteiger partial charge is 0.475 e. The van der Waals surface area contributed by atoms with Crippen molar-refractivity contribution >= 4 is 11.9 Å². The quantitative estimate of drug-likeness (QED) is 0.589. The van der Waals surface area contributed by atoms with E-state index in [1.54, 1.807) is 0 Å².